The van der Waals surface area contributed by atoms with Crippen LogP contribution in [0.15, 0.2) is 48.5 Å². The van der Waals surface area contributed by atoms with Gasteiger partial charge in [-0.2, -0.15) is 26.3 Å². The van der Waals surface area contributed by atoms with E-state index in [4.69, 9.17) is 0 Å². The molecular weight excluding hydrogens is 330 g/mol. The summed E-state index contributed by atoms with van der Waals surface area (Å²) in [6.07, 6.45) is -8.82. The van der Waals surface area contributed by atoms with Crippen LogP contribution in [0.5, 0.6) is 0 Å². The number of hydrogen-bond acceptors (Lipinski definition) is 0. The van der Waals surface area contributed by atoms with Crippen molar-refractivity contribution < 1.29 is 26.3 Å². The molecule has 6 heteroatoms. The molecule has 2 aromatic rings. The predicted molar refractivity (Wildman–Crippen MR) is 76.6 cm³/mol. The second-order valence-electron chi connectivity index (χ2n) is 4.65. The van der Waals surface area contributed by atoms with Gasteiger partial charge in [0.15, 0.2) is 0 Å². The van der Waals surface area contributed by atoms with E-state index in [0.29, 0.717) is 11.1 Å². The van der Waals surface area contributed by atoms with Gasteiger partial charge in [-0.15, -0.1) is 0 Å². The Morgan fingerprint density at radius 1 is 0.500 bits per heavy atom. The molecule has 0 saturated heterocycles. The van der Waals surface area contributed by atoms with Crippen LogP contribution in [0.25, 0.3) is 0 Å². The lowest BCUT2D eigenvalue weighted by molar-refractivity contribution is -0.138. The van der Waals surface area contributed by atoms with Crippen molar-refractivity contribution in [3.63, 3.8) is 0 Å². The zero-order valence-electron chi connectivity index (χ0n) is 11.9. The molecule has 122 valence electrons. The van der Waals surface area contributed by atoms with E-state index in [1.165, 1.54) is 24.3 Å². The summed E-state index contributed by atoms with van der Waals surface area (Å²) >= 11 is 0. The van der Waals surface area contributed by atoms with E-state index < -0.39 is 23.5 Å². The predicted octanol–water partition coefficient (Wildman–Crippen LogP) is 5.13. The second kappa shape index (κ2) is 6.72. The lowest BCUT2D eigenvalue weighted by atomic mass is 10.1. The van der Waals surface area contributed by atoms with E-state index >= 15 is 0 Å². The van der Waals surface area contributed by atoms with Crippen LogP contribution in [0.2, 0.25) is 0 Å². The lowest BCUT2D eigenvalue weighted by Crippen LogP contribution is -2.04. The summed E-state index contributed by atoms with van der Waals surface area (Å²) in [5.74, 6) is 9.99. The van der Waals surface area contributed by atoms with Gasteiger partial charge >= 0.3 is 12.4 Å². The topological polar surface area (TPSA) is 0 Å². The highest BCUT2D eigenvalue weighted by atomic mass is 19.4. The SMILES string of the molecule is FC(F)(F)c1ccc(C#CC#Cc2ccc(C(F)(F)F)cc2)cc1. The highest BCUT2D eigenvalue weighted by Gasteiger charge is 2.30. The summed E-state index contributed by atoms with van der Waals surface area (Å²) in [5.41, 5.74) is -0.845. The number of benzene rings is 2. The third kappa shape index (κ3) is 4.82. The van der Waals surface area contributed by atoms with Crippen molar-refractivity contribution in [2.75, 3.05) is 0 Å². The molecule has 0 aliphatic rings. The zero-order chi connectivity index (χ0) is 17.8. The normalized spacial score (nSPS) is 11.1. The minimum atomic E-state index is -4.41. The van der Waals surface area contributed by atoms with Crippen LogP contribution in [-0.2, 0) is 12.4 Å². The molecule has 24 heavy (non-hydrogen) atoms. The summed E-state index contributed by atoms with van der Waals surface area (Å²) < 4.78 is 74.3. The first-order chi connectivity index (χ1) is 11.2. The van der Waals surface area contributed by atoms with Crippen LogP contribution in [0.3, 0.4) is 0 Å². The molecule has 0 aliphatic heterocycles. The highest BCUT2D eigenvalue weighted by Crippen LogP contribution is 2.29. The van der Waals surface area contributed by atoms with Crippen LogP contribution in [0.1, 0.15) is 22.3 Å². The van der Waals surface area contributed by atoms with Gasteiger partial charge in [0, 0.05) is 11.1 Å². The maximum Gasteiger partial charge on any atom is 0.416 e. The number of hydrogen-bond donors (Lipinski definition) is 0. The van der Waals surface area contributed by atoms with Gasteiger partial charge in [0.1, 0.15) is 0 Å². The van der Waals surface area contributed by atoms with Crippen LogP contribution in [0.4, 0.5) is 26.3 Å². The first-order valence-electron chi connectivity index (χ1n) is 6.53. The third-order valence-electron chi connectivity index (χ3n) is 2.90. The van der Waals surface area contributed by atoms with Crippen molar-refractivity contribution in [2.24, 2.45) is 0 Å². The van der Waals surface area contributed by atoms with Crippen molar-refractivity contribution in [3.05, 3.63) is 70.8 Å². The Bertz CT molecular complexity index is 743. The molecule has 0 bridgehead atoms. The Kier molecular flexibility index (Phi) is 4.90. The summed E-state index contributed by atoms with van der Waals surface area (Å²) in [7, 11) is 0. The summed E-state index contributed by atoms with van der Waals surface area (Å²) in [5, 5.41) is 0. The van der Waals surface area contributed by atoms with Gasteiger partial charge in [0.2, 0.25) is 0 Å². The number of alkyl halides is 6. The van der Waals surface area contributed by atoms with Gasteiger partial charge in [-0.25, -0.2) is 0 Å². The fraction of sp³-hybridized carbons (Fsp3) is 0.111. The first kappa shape index (κ1) is 17.5. The van der Waals surface area contributed by atoms with Crippen molar-refractivity contribution in [3.8, 4) is 23.7 Å². The van der Waals surface area contributed by atoms with Crippen molar-refractivity contribution >= 4 is 0 Å². The lowest BCUT2D eigenvalue weighted by Gasteiger charge is -2.05. The van der Waals surface area contributed by atoms with Crippen molar-refractivity contribution in [1.82, 2.24) is 0 Å². The van der Waals surface area contributed by atoms with Crippen molar-refractivity contribution in [1.29, 1.82) is 0 Å². The van der Waals surface area contributed by atoms with Crippen LogP contribution < -0.4 is 0 Å². The molecule has 2 rings (SSSR count). The van der Waals surface area contributed by atoms with E-state index in [2.05, 4.69) is 23.7 Å². The molecule has 0 aliphatic carbocycles. The van der Waals surface area contributed by atoms with Gasteiger partial charge < -0.3 is 0 Å². The Morgan fingerprint density at radius 3 is 1.04 bits per heavy atom. The number of rotatable bonds is 0. The minimum Gasteiger partial charge on any atom is -0.166 e. The molecule has 0 N–H and O–H groups in total. The first-order valence-corrected chi connectivity index (χ1v) is 6.53. The second-order valence-corrected chi connectivity index (χ2v) is 4.65. The van der Waals surface area contributed by atoms with E-state index in [0.717, 1.165) is 24.3 Å². The fourth-order valence-electron chi connectivity index (χ4n) is 1.69. The fourth-order valence-corrected chi connectivity index (χ4v) is 1.69. The average Bonchev–Trinajstić information content (AvgIpc) is 2.51. The van der Waals surface area contributed by atoms with Crippen LogP contribution >= 0.6 is 0 Å². The van der Waals surface area contributed by atoms with E-state index in [-0.39, 0.29) is 0 Å². The van der Waals surface area contributed by atoms with Gasteiger partial charge in [-0.05, 0) is 60.4 Å². The monoisotopic (exact) mass is 338 g/mol. The standard InChI is InChI=1S/C18H8F6/c19-17(20,21)15-9-5-13(6-10-15)3-1-2-4-14-7-11-16(12-8-14)18(22,23)24/h5-12H. The molecule has 0 radical (unpaired) electrons. The summed E-state index contributed by atoms with van der Waals surface area (Å²) in [6, 6.07) is 8.51. The molecule has 0 fully saturated rings. The molecule has 0 heterocycles. The molecule has 0 atom stereocenters. The molecule has 0 unspecified atom stereocenters. The van der Waals surface area contributed by atoms with E-state index in [1.807, 2.05) is 0 Å². The molecule has 2 aromatic carbocycles. The van der Waals surface area contributed by atoms with Gasteiger partial charge in [-0.3, -0.25) is 0 Å². The Labute approximate surface area is 134 Å². The molecule has 0 aromatic heterocycles. The molecular formula is C18H8F6. The van der Waals surface area contributed by atoms with Gasteiger partial charge in [-0.1, -0.05) is 11.8 Å². The van der Waals surface area contributed by atoms with Gasteiger partial charge in [0.25, 0.3) is 0 Å². The smallest absolute Gasteiger partial charge is 0.166 e. The quantitative estimate of drug-likeness (QED) is 0.462. The average molecular weight is 338 g/mol. The zero-order valence-corrected chi connectivity index (χ0v) is 11.9. The Hall–Kier alpha value is -2.86. The highest BCUT2D eigenvalue weighted by molar-refractivity contribution is 5.45. The van der Waals surface area contributed by atoms with Crippen LogP contribution in [-0.4, -0.2) is 0 Å². The van der Waals surface area contributed by atoms with Crippen LogP contribution in [0, 0.1) is 23.7 Å². The minimum absolute atomic E-state index is 0.352. The molecule has 0 amide bonds. The maximum atomic E-state index is 12.4. The van der Waals surface area contributed by atoms with Crippen molar-refractivity contribution in [2.45, 2.75) is 12.4 Å². The Balaban J connectivity index is 2.07. The van der Waals surface area contributed by atoms with E-state index in [1.54, 1.807) is 0 Å². The Morgan fingerprint density at radius 2 is 0.792 bits per heavy atom. The van der Waals surface area contributed by atoms with Gasteiger partial charge in [0.05, 0.1) is 11.1 Å². The summed E-state index contributed by atoms with van der Waals surface area (Å²) in [4.78, 5) is 0. The molecule has 0 spiro atoms. The number of halogens is 6. The maximum absolute atomic E-state index is 12.4. The van der Waals surface area contributed by atoms with E-state index in [9.17, 15) is 26.3 Å². The molecule has 0 nitrogen and oxygen atoms in total. The summed E-state index contributed by atoms with van der Waals surface area (Å²) in [6.45, 7) is 0. The largest absolute Gasteiger partial charge is 0.416 e. The molecule has 0 saturated carbocycles. The third-order valence-corrected chi connectivity index (χ3v) is 2.90.